The number of thioether (sulfide) groups is 1. The zero-order valence-corrected chi connectivity index (χ0v) is 10.2. The highest BCUT2D eigenvalue weighted by Crippen LogP contribution is 2.25. The topological polar surface area (TPSA) is 40.9 Å². The van der Waals surface area contributed by atoms with Crippen molar-refractivity contribution in [1.82, 2.24) is 0 Å². The van der Waals surface area contributed by atoms with Gasteiger partial charge in [-0.05, 0) is 18.6 Å². The first-order valence-corrected chi connectivity index (χ1v) is 6.27. The van der Waals surface area contributed by atoms with Crippen molar-refractivity contribution in [1.29, 1.82) is 5.26 Å². The second-order valence-electron chi connectivity index (χ2n) is 3.54. The lowest BCUT2D eigenvalue weighted by atomic mass is 10.1. The van der Waals surface area contributed by atoms with Crippen molar-refractivity contribution in [3.8, 4) is 6.07 Å². The van der Waals surface area contributed by atoms with Gasteiger partial charge in [0.15, 0.2) is 0 Å². The minimum absolute atomic E-state index is 0.178. The monoisotopic (exact) mass is 233 g/mol. The van der Waals surface area contributed by atoms with Gasteiger partial charge in [0.25, 0.3) is 0 Å². The normalized spacial score (nSPS) is 11.8. The Morgan fingerprint density at radius 1 is 1.44 bits per heavy atom. The maximum absolute atomic E-state index is 11.4. The average Bonchev–Trinajstić information content (AvgIpc) is 2.30. The summed E-state index contributed by atoms with van der Waals surface area (Å²) in [5, 5.41) is 8.72. The van der Waals surface area contributed by atoms with Crippen molar-refractivity contribution in [3.05, 3.63) is 30.3 Å². The van der Waals surface area contributed by atoms with Crippen molar-refractivity contribution >= 4 is 17.5 Å². The number of carbonyl (C=O) groups excluding carboxylic acids is 1. The fraction of sp³-hybridized carbons (Fsp3) is 0.385. The van der Waals surface area contributed by atoms with E-state index in [1.54, 1.807) is 0 Å². The molecule has 1 rings (SSSR count). The largest absolute Gasteiger partial charge is 0.300 e. The molecule has 1 unspecified atom stereocenters. The van der Waals surface area contributed by atoms with Crippen LogP contribution in [0.5, 0.6) is 0 Å². The van der Waals surface area contributed by atoms with E-state index in [4.69, 9.17) is 5.26 Å². The minimum Gasteiger partial charge on any atom is -0.300 e. The molecule has 0 aliphatic rings. The molecule has 0 saturated carbocycles. The number of hydrogen-bond acceptors (Lipinski definition) is 3. The number of nitrogens with zero attached hydrogens (tertiary/aromatic N) is 1. The fourth-order valence-corrected chi connectivity index (χ4v) is 2.33. The lowest BCUT2D eigenvalue weighted by Crippen LogP contribution is -2.08. The van der Waals surface area contributed by atoms with E-state index in [1.165, 1.54) is 11.8 Å². The summed E-state index contributed by atoms with van der Waals surface area (Å²) in [7, 11) is 0. The molecular weight excluding hydrogens is 218 g/mol. The van der Waals surface area contributed by atoms with E-state index < -0.39 is 0 Å². The second kappa shape index (κ2) is 7.08. The lowest BCUT2D eigenvalue weighted by molar-refractivity contribution is -0.118. The Morgan fingerprint density at radius 3 is 2.69 bits per heavy atom. The maximum atomic E-state index is 11.4. The molecule has 0 heterocycles. The Morgan fingerprint density at radius 2 is 2.12 bits per heavy atom. The van der Waals surface area contributed by atoms with Crippen LogP contribution in [-0.2, 0) is 4.79 Å². The Hall–Kier alpha value is -1.27. The molecule has 84 valence electrons. The molecule has 0 aliphatic carbocycles. The molecule has 0 saturated heterocycles. The van der Waals surface area contributed by atoms with Crippen molar-refractivity contribution in [2.24, 2.45) is 0 Å². The number of ketones is 1. The second-order valence-corrected chi connectivity index (χ2v) is 4.82. The molecule has 1 aromatic rings. The molecule has 0 spiro atoms. The molecule has 1 aromatic carbocycles. The van der Waals surface area contributed by atoms with Gasteiger partial charge in [0.05, 0.1) is 6.07 Å². The number of rotatable bonds is 6. The highest BCUT2D eigenvalue weighted by Gasteiger charge is 2.13. The quantitative estimate of drug-likeness (QED) is 0.707. The first-order valence-electron chi connectivity index (χ1n) is 5.39. The molecule has 0 aliphatic heterocycles. The van der Waals surface area contributed by atoms with Crippen molar-refractivity contribution < 1.29 is 4.79 Å². The molecule has 1 atom stereocenters. The molecule has 0 amide bonds. The third-order valence-corrected chi connectivity index (χ3v) is 3.21. The first kappa shape index (κ1) is 12.8. The number of nitriles is 1. The lowest BCUT2D eigenvalue weighted by Gasteiger charge is -2.07. The summed E-state index contributed by atoms with van der Waals surface area (Å²) in [6, 6.07) is 11.9. The molecular formula is C13H15NOS. The van der Waals surface area contributed by atoms with Crippen LogP contribution in [0.15, 0.2) is 35.2 Å². The molecule has 0 radical (unpaired) electrons. The van der Waals surface area contributed by atoms with Crippen LogP contribution in [0.3, 0.4) is 0 Å². The average molecular weight is 233 g/mol. The smallest absolute Gasteiger partial charge is 0.135 e. The van der Waals surface area contributed by atoms with Gasteiger partial charge in [0.2, 0.25) is 0 Å². The molecule has 16 heavy (non-hydrogen) atoms. The summed E-state index contributed by atoms with van der Waals surface area (Å²) < 4.78 is 0. The molecule has 0 aromatic heterocycles. The summed E-state index contributed by atoms with van der Waals surface area (Å²) in [5.74, 6) is 0.178. The Labute approximate surface area is 101 Å². The predicted molar refractivity (Wildman–Crippen MR) is 66.2 cm³/mol. The summed E-state index contributed by atoms with van der Waals surface area (Å²) in [5.41, 5.74) is 0. The summed E-state index contributed by atoms with van der Waals surface area (Å²) >= 11 is 1.46. The number of carbonyl (C=O) groups is 1. The Balaban J connectivity index is 2.51. The van der Waals surface area contributed by atoms with Gasteiger partial charge in [-0.25, -0.2) is 0 Å². The van der Waals surface area contributed by atoms with Gasteiger partial charge in [-0.1, -0.05) is 25.1 Å². The maximum Gasteiger partial charge on any atom is 0.135 e. The van der Waals surface area contributed by atoms with E-state index >= 15 is 0 Å². The van der Waals surface area contributed by atoms with Crippen molar-refractivity contribution in [3.63, 3.8) is 0 Å². The van der Waals surface area contributed by atoms with Gasteiger partial charge in [0, 0.05) is 17.7 Å². The third-order valence-electron chi connectivity index (χ3n) is 2.11. The number of Topliss-reactive ketones (excluding diaryl/α,β-unsaturated/α-hetero) is 1. The Bertz CT molecular complexity index is 369. The van der Waals surface area contributed by atoms with Crippen LogP contribution in [-0.4, -0.2) is 11.0 Å². The fourth-order valence-electron chi connectivity index (χ4n) is 1.36. The minimum atomic E-state index is -0.263. The highest BCUT2D eigenvalue weighted by molar-refractivity contribution is 8.00. The van der Waals surface area contributed by atoms with Crippen molar-refractivity contribution in [2.45, 2.75) is 36.3 Å². The third kappa shape index (κ3) is 4.50. The van der Waals surface area contributed by atoms with Gasteiger partial charge >= 0.3 is 0 Å². The zero-order valence-electron chi connectivity index (χ0n) is 9.35. The highest BCUT2D eigenvalue weighted by atomic mass is 32.2. The SMILES string of the molecule is CCCC(=O)CC(C#N)Sc1ccccc1. The van der Waals surface area contributed by atoms with Crippen LogP contribution in [0.1, 0.15) is 26.2 Å². The standard InChI is InChI=1S/C13H15NOS/c1-2-6-11(15)9-13(10-14)16-12-7-4-3-5-8-12/h3-5,7-8,13H,2,6,9H2,1H3. The number of hydrogen-bond donors (Lipinski definition) is 0. The van der Waals surface area contributed by atoms with E-state index in [2.05, 4.69) is 6.07 Å². The van der Waals surface area contributed by atoms with Crippen LogP contribution >= 0.6 is 11.8 Å². The molecule has 0 N–H and O–H groups in total. The molecule has 3 heteroatoms. The van der Waals surface area contributed by atoms with E-state index in [0.29, 0.717) is 12.8 Å². The van der Waals surface area contributed by atoms with Gasteiger partial charge in [-0.3, -0.25) is 4.79 Å². The van der Waals surface area contributed by atoms with E-state index in [9.17, 15) is 4.79 Å². The van der Waals surface area contributed by atoms with E-state index in [-0.39, 0.29) is 11.0 Å². The van der Waals surface area contributed by atoms with E-state index in [1.807, 2.05) is 37.3 Å². The van der Waals surface area contributed by atoms with Gasteiger partial charge in [0.1, 0.15) is 11.0 Å². The Kier molecular flexibility index (Phi) is 5.66. The molecule has 0 fully saturated rings. The molecule has 2 nitrogen and oxygen atoms in total. The van der Waals surface area contributed by atoms with Crippen LogP contribution in [0.25, 0.3) is 0 Å². The van der Waals surface area contributed by atoms with Crippen LogP contribution < -0.4 is 0 Å². The molecule has 0 bridgehead atoms. The van der Waals surface area contributed by atoms with Gasteiger partial charge in [-0.2, -0.15) is 5.26 Å². The first-order chi connectivity index (χ1) is 7.76. The van der Waals surface area contributed by atoms with Crippen LogP contribution in [0.4, 0.5) is 0 Å². The van der Waals surface area contributed by atoms with Crippen LogP contribution in [0, 0.1) is 11.3 Å². The summed E-state index contributed by atoms with van der Waals surface area (Å²) in [4.78, 5) is 12.5. The van der Waals surface area contributed by atoms with E-state index in [0.717, 1.165) is 11.3 Å². The summed E-state index contributed by atoms with van der Waals surface area (Å²) in [6.07, 6.45) is 1.78. The predicted octanol–water partition coefficient (Wildman–Crippen LogP) is 3.43. The van der Waals surface area contributed by atoms with Crippen LogP contribution in [0.2, 0.25) is 0 Å². The van der Waals surface area contributed by atoms with Gasteiger partial charge in [-0.15, -0.1) is 11.8 Å². The summed E-state index contributed by atoms with van der Waals surface area (Å²) in [6.45, 7) is 1.98. The number of benzene rings is 1. The van der Waals surface area contributed by atoms with Gasteiger partial charge < -0.3 is 0 Å². The zero-order chi connectivity index (χ0) is 11.8. The van der Waals surface area contributed by atoms with Crippen molar-refractivity contribution in [2.75, 3.05) is 0 Å².